The Kier molecular flexibility index (Phi) is 2.44. The standard InChI is InChI=1S/C5HCl2FN2O2/c6-2-1(8)3(7)10-4(9-2)5(11)12/h(H,11,12). The molecule has 4 nitrogen and oxygen atoms in total. The Hall–Kier alpha value is -0.940. The molecule has 0 bridgehead atoms. The van der Waals surface area contributed by atoms with Gasteiger partial charge in [0.1, 0.15) is 0 Å². The van der Waals surface area contributed by atoms with E-state index in [1.165, 1.54) is 0 Å². The monoisotopic (exact) mass is 210 g/mol. The lowest BCUT2D eigenvalue weighted by Crippen LogP contribution is -2.05. The molecule has 1 aromatic rings. The molecule has 12 heavy (non-hydrogen) atoms. The van der Waals surface area contributed by atoms with E-state index in [9.17, 15) is 9.18 Å². The van der Waals surface area contributed by atoms with Crippen molar-refractivity contribution < 1.29 is 14.3 Å². The Morgan fingerprint density at radius 2 is 1.75 bits per heavy atom. The zero-order valence-electron chi connectivity index (χ0n) is 5.38. The van der Waals surface area contributed by atoms with E-state index in [4.69, 9.17) is 28.3 Å². The molecule has 0 amide bonds. The highest BCUT2D eigenvalue weighted by Crippen LogP contribution is 2.18. The van der Waals surface area contributed by atoms with Crippen LogP contribution in [0.3, 0.4) is 0 Å². The molecule has 1 N–H and O–H groups in total. The number of nitrogens with zero attached hydrogens (tertiary/aromatic N) is 2. The second-order valence-electron chi connectivity index (χ2n) is 1.75. The van der Waals surface area contributed by atoms with Crippen molar-refractivity contribution in [3.63, 3.8) is 0 Å². The van der Waals surface area contributed by atoms with Gasteiger partial charge >= 0.3 is 5.97 Å². The van der Waals surface area contributed by atoms with E-state index < -0.39 is 27.9 Å². The highest BCUT2D eigenvalue weighted by atomic mass is 35.5. The van der Waals surface area contributed by atoms with Crippen molar-refractivity contribution in [2.24, 2.45) is 0 Å². The van der Waals surface area contributed by atoms with Crippen molar-refractivity contribution in [2.75, 3.05) is 0 Å². The van der Waals surface area contributed by atoms with Gasteiger partial charge in [0.05, 0.1) is 0 Å². The zero-order chi connectivity index (χ0) is 9.30. The minimum atomic E-state index is -1.42. The lowest BCUT2D eigenvalue weighted by molar-refractivity contribution is 0.0683. The first-order valence-electron chi connectivity index (χ1n) is 2.64. The van der Waals surface area contributed by atoms with Gasteiger partial charge in [0.25, 0.3) is 0 Å². The Morgan fingerprint density at radius 1 is 1.33 bits per heavy atom. The van der Waals surface area contributed by atoms with Crippen LogP contribution in [0.5, 0.6) is 0 Å². The summed E-state index contributed by atoms with van der Waals surface area (Å²) in [6, 6.07) is 0. The normalized spacial score (nSPS) is 9.92. The van der Waals surface area contributed by atoms with Crippen LogP contribution in [0.4, 0.5) is 4.39 Å². The van der Waals surface area contributed by atoms with Crippen molar-refractivity contribution >= 4 is 29.2 Å². The van der Waals surface area contributed by atoms with Gasteiger partial charge in [-0.3, -0.25) is 0 Å². The second kappa shape index (κ2) is 3.20. The highest BCUT2D eigenvalue weighted by molar-refractivity contribution is 6.33. The summed E-state index contributed by atoms with van der Waals surface area (Å²) in [5.74, 6) is -3.08. The average molecular weight is 211 g/mol. The zero-order valence-corrected chi connectivity index (χ0v) is 6.90. The van der Waals surface area contributed by atoms with Gasteiger partial charge in [0, 0.05) is 0 Å². The molecule has 0 saturated heterocycles. The Bertz CT molecular complexity index is 321. The summed E-state index contributed by atoms with van der Waals surface area (Å²) in [5, 5.41) is 7.15. The molecule has 0 unspecified atom stereocenters. The molecule has 0 spiro atoms. The summed E-state index contributed by atoms with van der Waals surface area (Å²) < 4.78 is 12.6. The molecule has 0 fully saturated rings. The van der Waals surface area contributed by atoms with E-state index in [0.717, 1.165) is 0 Å². The SMILES string of the molecule is O=C(O)c1nc(Cl)c(F)c(Cl)n1. The van der Waals surface area contributed by atoms with Crippen LogP contribution in [-0.4, -0.2) is 21.0 Å². The van der Waals surface area contributed by atoms with Crippen molar-refractivity contribution in [3.8, 4) is 0 Å². The molecule has 0 radical (unpaired) electrons. The van der Waals surface area contributed by atoms with E-state index in [0.29, 0.717) is 0 Å². The second-order valence-corrected chi connectivity index (χ2v) is 2.46. The van der Waals surface area contributed by atoms with Crippen LogP contribution in [0.15, 0.2) is 0 Å². The third-order valence-corrected chi connectivity index (χ3v) is 1.46. The molecule has 1 heterocycles. The fourth-order valence-electron chi connectivity index (χ4n) is 0.490. The number of aromatic carboxylic acids is 1. The summed E-state index contributed by atoms with van der Waals surface area (Å²) >= 11 is 10.4. The van der Waals surface area contributed by atoms with Gasteiger partial charge in [-0.15, -0.1) is 0 Å². The highest BCUT2D eigenvalue weighted by Gasteiger charge is 2.14. The van der Waals surface area contributed by atoms with E-state index in [-0.39, 0.29) is 0 Å². The lowest BCUT2D eigenvalue weighted by atomic mass is 10.5. The van der Waals surface area contributed by atoms with Crippen LogP contribution in [0.25, 0.3) is 0 Å². The van der Waals surface area contributed by atoms with Crippen molar-refractivity contribution in [2.45, 2.75) is 0 Å². The summed E-state index contributed by atoms with van der Waals surface area (Å²) in [6.45, 7) is 0. The van der Waals surface area contributed by atoms with Crippen molar-refractivity contribution in [1.29, 1.82) is 0 Å². The van der Waals surface area contributed by atoms with E-state index >= 15 is 0 Å². The maximum atomic E-state index is 12.6. The number of carboxylic acids is 1. The molecule has 64 valence electrons. The average Bonchev–Trinajstić information content (AvgIpc) is 1.99. The predicted octanol–water partition coefficient (Wildman–Crippen LogP) is 1.62. The molecule has 7 heteroatoms. The molecular weight excluding hydrogens is 210 g/mol. The number of hydrogen-bond acceptors (Lipinski definition) is 3. The number of hydrogen-bond donors (Lipinski definition) is 1. The van der Waals surface area contributed by atoms with Gasteiger partial charge in [0.15, 0.2) is 16.1 Å². The molecular formula is C5HCl2FN2O2. The largest absolute Gasteiger partial charge is 0.475 e. The molecule has 0 aliphatic heterocycles. The number of carbonyl (C=O) groups is 1. The third kappa shape index (κ3) is 1.62. The topological polar surface area (TPSA) is 63.1 Å². The maximum Gasteiger partial charge on any atom is 0.374 e. The summed E-state index contributed by atoms with van der Waals surface area (Å²) in [5.41, 5.74) is 0. The molecule has 0 saturated carbocycles. The van der Waals surface area contributed by atoms with Crippen LogP contribution < -0.4 is 0 Å². The lowest BCUT2D eigenvalue weighted by Gasteiger charge is -1.96. The molecule has 1 rings (SSSR count). The number of carboxylic acid groups (broad SMARTS) is 1. The summed E-state index contributed by atoms with van der Waals surface area (Å²) in [6.07, 6.45) is 0. The molecule has 1 aromatic heterocycles. The molecule has 0 aliphatic rings. The van der Waals surface area contributed by atoms with Gasteiger partial charge in [0.2, 0.25) is 5.82 Å². The van der Waals surface area contributed by atoms with Gasteiger partial charge in [-0.2, -0.15) is 0 Å². The van der Waals surface area contributed by atoms with Gasteiger partial charge in [-0.25, -0.2) is 19.2 Å². The summed E-state index contributed by atoms with van der Waals surface area (Å²) in [4.78, 5) is 16.5. The minimum absolute atomic E-state index is 0.604. The van der Waals surface area contributed by atoms with Crippen LogP contribution in [0, 0.1) is 5.82 Å². The van der Waals surface area contributed by atoms with Crippen LogP contribution >= 0.6 is 23.2 Å². The number of rotatable bonds is 1. The fraction of sp³-hybridized carbons (Fsp3) is 0. The van der Waals surface area contributed by atoms with Crippen LogP contribution in [-0.2, 0) is 0 Å². The van der Waals surface area contributed by atoms with Crippen molar-refractivity contribution in [3.05, 3.63) is 21.9 Å². The minimum Gasteiger partial charge on any atom is -0.475 e. The first-order chi connectivity index (χ1) is 5.52. The predicted molar refractivity (Wildman–Crippen MR) is 39.0 cm³/mol. The molecule has 0 aliphatic carbocycles. The Morgan fingerprint density at radius 3 is 2.08 bits per heavy atom. The first kappa shape index (κ1) is 9.15. The number of halogens is 3. The van der Waals surface area contributed by atoms with E-state index in [1.807, 2.05) is 0 Å². The maximum absolute atomic E-state index is 12.6. The van der Waals surface area contributed by atoms with Gasteiger partial charge in [-0.05, 0) is 0 Å². The van der Waals surface area contributed by atoms with Crippen molar-refractivity contribution in [1.82, 2.24) is 9.97 Å². The molecule has 0 atom stereocenters. The van der Waals surface area contributed by atoms with Crippen LogP contribution in [0.1, 0.15) is 10.6 Å². The third-order valence-electron chi connectivity index (χ3n) is 0.962. The van der Waals surface area contributed by atoms with Crippen LogP contribution in [0.2, 0.25) is 10.3 Å². The number of aromatic nitrogens is 2. The smallest absolute Gasteiger partial charge is 0.374 e. The molecule has 0 aromatic carbocycles. The van der Waals surface area contributed by atoms with Gasteiger partial charge in [-0.1, -0.05) is 23.2 Å². The van der Waals surface area contributed by atoms with E-state index in [1.54, 1.807) is 0 Å². The van der Waals surface area contributed by atoms with Gasteiger partial charge < -0.3 is 5.11 Å². The summed E-state index contributed by atoms with van der Waals surface area (Å²) in [7, 11) is 0. The Labute approximate surface area is 76.0 Å². The first-order valence-corrected chi connectivity index (χ1v) is 3.40. The fourth-order valence-corrected chi connectivity index (χ4v) is 0.877. The quantitative estimate of drug-likeness (QED) is 0.716. The van der Waals surface area contributed by atoms with E-state index in [2.05, 4.69) is 9.97 Å². The Balaban J connectivity index is 3.31.